The molecule has 0 unspecified atom stereocenters. The lowest BCUT2D eigenvalue weighted by Gasteiger charge is -2.26. The van der Waals surface area contributed by atoms with Crippen molar-refractivity contribution in [2.45, 2.75) is 45.6 Å². The van der Waals surface area contributed by atoms with E-state index in [1.165, 1.54) is 22.7 Å². The lowest BCUT2D eigenvalue weighted by molar-refractivity contribution is -0.131. The number of thiazole rings is 1. The van der Waals surface area contributed by atoms with E-state index in [2.05, 4.69) is 10.3 Å². The van der Waals surface area contributed by atoms with Gasteiger partial charge in [0.05, 0.1) is 12.1 Å². The topological polar surface area (TPSA) is 82.6 Å². The van der Waals surface area contributed by atoms with Crippen LogP contribution in [0.1, 0.15) is 49.2 Å². The van der Waals surface area contributed by atoms with Crippen LogP contribution in [0.5, 0.6) is 0 Å². The molecular weight excluding hydrogens is 436 g/mol. The first-order chi connectivity index (χ1) is 14.8. The van der Waals surface area contributed by atoms with E-state index in [4.69, 9.17) is 11.6 Å². The van der Waals surface area contributed by atoms with Gasteiger partial charge in [-0.05, 0) is 57.4 Å². The fourth-order valence-corrected chi connectivity index (χ4v) is 4.27. The summed E-state index contributed by atoms with van der Waals surface area (Å²) in [7, 11) is 0. The van der Waals surface area contributed by atoms with Crippen molar-refractivity contribution in [3.8, 4) is 0 Å². The van der Waals surface area contributed by atoms with E-state index in [1.54, 1.807) is 29.6 Å². The molecule has 1 fully saturated rings. The Labute approximate surface area is 191 Å². The van der Waals surface area contributed by atoms with Gasteiger partial charge in [0, 0.05) is 35.1 Å². The molecule has 1 N–H and O–H groups in total. The molecule has 3 amide bonds. The van der Waals surface area contributed by atoms with Gasteiger partial charge in [-0.3, -0.25) is 14.4 Å². The Morgan fingerprint density at radius 3 is 2.48 bits per heavy atom. The fraction of sp³-hybridized carbons (Fsp3) is 0.455. The molecule has 0 bridgehead atoms. The first-order valence-corrected chi connectivity index (χ1v) is 11.7. The molecule has 1 aliphatic rings. The standard InChI is InChI=1S/C22H27ClN4O3S/c1-15(2)27(21(30)16-6-8-17(23)9-7-16)13-19(28)25-22-24-18(14-31-22)12-20(29)26-10-4-3-5-11-26/h6-9,14-15H,3-5,10-13H2,1-2H3,(H,24,25,28). The first kappa shape index (κ1) is 23.2. The second-order valence-corrected chi connectivity index (χ2v) is 9.14. The first-order valence-electron chi connectivity index (χ1n) is 10.4. The number of nitrogens with zero attached hydrogens (tertiary/aromatic N) is 3. The summed E-state index contributed by atoms with van der Waals surface area (Å²) < 4.78 is 0. The van der Waals surface area contributed by atoms with E-state index in [0.717, 1.165) is 25.9 Å². The summed E-state index contributed by atoms with van der Waals surface area (Å²) in [5, 5.41) is 5.50. The van der Waals surface area contributed by atoms with Crippen LogP contribution in [-0.4, -0.2) is 58.2 Å². The number of carbonyl (C=O) groups excluding carboxylic acids is 3. The maximum absolute atomic E-state index is 12.8. The van der Waals surface area contributed by atoms with Crippen LogP contribution in [0, 0.1) is 0 Å². The van der Waals surface area contributed by atoms with Gasteiger partial charge < -0.3 is 15.1 Å². The lowest BCUT2D eigenvalue weighted by atomic mass is 10.1. The highest BCUT2D eigenvalue weighted by atomic mass is 35.5. The number of anilines is 1. The number of hydrogen-bond acceptors (Lipinski definition) is 5. The van der Waals surface area contributed by atoms with Crippen molar-refractivity contribution in [1.29, 1.82) is 0 Å². The summed E-state index contributed by atoms with van der Waals surface area (Å²) in [6.45, 7) is 5.23. The molecule has 0 atom stereocenters. The van der Waals surface area contributed by atoms with Gasteiger partial charge in [-0.1, -0.05) is 11.6 Å². The van der Waals surface area contributed by atoms with Gasteiger partial charge in [0.15, 0.2) is 5.13 Å². The molecular formula is C22H27ClN4O3S. The zero-order valence-electron chi connectivity index (χ0n) is 17.8. The number of benzene rings is 1. The summed E-state index contributed by atoms with van der Waals surface area (Å²) in [4.78, 5) is 45.5. The number of aromatic nitrogens is 1. The predicted molar refractivity (Wildman–Crippen MR) is 123 cm³/mol. The van der Waals surface area contributed by atoms with Crippen LogP contribution in [-0.2, 0) is 16.0 Å². The summed E-state index contributed by atoms with van der Waals surface area (Å²) in [6, 6.07) is 6.42. The minimum Gasteiger partial charge on any atom is -0.342 e. The minimum atomic E-state index is -0.334. The zero-order chi connectivity index (χ0) is 22.4. The molecule has 0 spiro atoms. The highest BCUT2D eigenvalue weighted by Gasteiger charge is 2.23. The smallest absolute Gasteiger partial charge is 0.254 e. The average molecular weight is 463 g/mol. The molecule has 1 aromatic heterocycles. The Morgan fingerprint density at radius 2 is 1.84 bits per heavy atom. The van der Waals surface area contributed by atoms with E-state index in [1.807, 2.05) is 18.7 Å². The van der Waals surface area contributed by atoms with E-state index < -0.39 is 0 Å². The summed E-state index contributed by atoms with van der Waals surface area (Å²) in [5.74, 6) is -0.504. The van der Waals surface area contributed by atoms with Crippen LogP contribution < -0.4 is 5.32 Å². The van der Waals surface area contributed by atoms with Crippen LogP contribution in [0.25, 0.3) is 0 Å². The van der Waals surface area contributed by atoms with Gasteiger partial charge in [0.25, 0.3) is 5.91 Å². The third kappa shape index (κ3) is 6.51. The summed E-state index contributed by atoms with van der Waals surface area (Å²) in [5.41, 5.74) is 1.12. The van der Waals surface area contributed by atoms with Gasteiger partial charge >= 0.3 is 0 Å². The Hall–Kier alpha value is -2.45. The molecule has 0 aliphatic carbocycles. The summed E-state index contributed by atoms with van der Waals surface area (Å²) in [6.07, 6.45) is 3.50. The molecule has 1 saturated heterocycles. The SMILES string of the molecule is CC(C)N(CC(=O)Nc1nc(CC(=O)N2CCCCC2)cs1)C(=O)c1ccc(Cl)cc1. The molecule has 1 aromatic carbocycles. The number of amides is 3. The molecule has 9 heteroatoms. The third-order valence-electron chi connectivity index (χ3n) is 5.13. The average Bonchev–Trinajstić information content (AvgIpc) is 3.19. The van der Waals surface area contributed by atoms with Crippen LogP contribution >= 0.6 is 22.9 Å². The van der Waals surface area contributed by atoms with Crippen molar-refractivity contribution in [3.05, 3.63) is 45.9 Å². The van der Waals surface area contributed by atoms with E-state index in [9.17, 15) is 14.4 Å². The number of piperidine rings is 1. The third-order valence-corrected chi connectivity index (χ3v) is 6.19. The zero-order valence-corrected chi connectivity index (χ0v) is 19.3. The normalized spacial score (nSPS) is 13.9. The number of nitrogens with one attached hydrogen (secondary N) is 1. The van der Waals surface area contributed by atoms with Crippen molar-refractivity contribution in [3.63, 3.8) is 0 Å². The van der Waals surface area contributed by atoms with E-state index in [-0.39, 0.29) is 36.7 Å². The van der Waals surface area contributed by atoms with Gasteiger partial charge in [-0.25, -0.2) is 4.98 Å². The minimum absolute atomic E-state index is 0.0717. The largest absolute Gasteiger partial charge is 0.342 e. The quantitative estimate of drug-likeness (QED) is 0.677. The highest BCUT2D eigenvalue weighted by Crippen LogP contribution is 2.18. The molecule has 0 saturated carbocycles. The second kappa shape index (κ2) is 10.7. The van der Waals surface area contributed by atoms with Crippen molar-refractivity contribution < 1.29 is 14.4 Å². The maximum Gasteiger partial charge on any atom is 0.254 e. The highest BCUT2D eigenvalue weighted by molar-refractivity contribution is 7.13. The Bertz CT molecular complexity index is 923. The van der Waals surface area contributed by atoms with E-state index >= 15 is 0 Å². The number of halogens is 1. The van der Waals surface area contributed by atoms with Crippen molar-refractivity contribution in [2.24, 2.45) is 0 Å². The number of carbonyl (C=O) groups is 3. The molecule has 3 rings (SSSR count). The fourth-order valence-electron chi connectivity index (χ4n) is 3.42. The predicted octanol–water partition coefficient (Wildman–Crippen LogP) is 3.84. The van der Waals surface area contributed by atoms with Crippen molar-refractivity contribution in [1.82, 2.24) is 14.8 Å². The van der Waals surface area contributed by atoms with Crippen LogP contribution in [0.2, 0.25) is 5.02 Å². The molecule has 0 radical (unpaired) electrons. The molecule has 31 heavy (non-hydrogen) atoms. The van der Waals surface area contributed by atoms with E-state index in [0.29, 0.717) is 21.4 Å². The molecule has 2 aromatic rings. The van der Waals surface area contributed by atoms with Gasteiger partial charge in [-0.15, -0.1) is 11.3 Å². The van der Waals surface area contributed by atoms with Crippen LogP contribution in [0.3, 0.4) is 0 Å². The van der Waals surface area contributed by atoms with Crippen molar-refractivity contribution in [2.75, 3.05) is 25.0 Å². The van der Waals surface area contributed by atoms with Gasteiger partial charge in [0.2, 0.25) is 11.8 Å². The molecule has 7 nitrogen and oxygen atoms in total. The molecule has 2 heterocycles. The monoisotopic (exact) mass is 462 g/mol. The molecule has 1 aliphatic heterocycles. The van der Waals surface area contributed by atoms with Crippen molar-refractivity contribution >= 4 is 45.8 Å². The lowest BCUT2D eigenvalue weighted by Crippen LogP contribution is -2.42. The van der Waals surface area contributed by atoms with Crippen LogP contribution in [0.15, 0.2) is 29.6 Å². The second-order valence-electron chi connectivity index (χ2n) is 7.84. The van der Waals surface area contributed by atoms with Gasteiger partial charge in [-0.2, -0.15) is 0 Å². The summed E-state index contributed by atoms with van der Waals surface area (Å²) >= 11 is 7.17. The maximum atomic E-state index is 12.8. The Morgan fingerprint density at radius 1 is 1.16 bits per heavy atom. The number of likely N-dealkylation sites (tertiary alicyclic amines) is 1. The Balaban J connectivity index is 1.57. The van der Waals surface area contributed by atoms with Crippen LogP contribution in [0.4, 0.5) is 5.13 Å². The van der Waals surface area contributed by atoms with Gasteiger partial charge in [0.1, 0.15) is 6.54 Å². The number of hydrogen-bond donors (Lipinski definition) is 1. The molecule has 166 valence electrons. The number of rotatable bonds is 7. The Kier molecular flexibility index (Phi) is 8.03.